The molecular weight excluding hydrogens is 382 g/mol. The number of rotatable bonds is 6. The van der Waals surface area contributed by atoms with Crippen molar-refractivity contribution in [2.75, 3.05) is 44.2 Å². The van der Waals surface area contributed by atoms with E-state index in [9.17, 15) is 4.79 Å². The number of nitrogens with zero attached hydrogens (tertiary/aromatic N) is 3. The molecule has 1 aliphatic rings. The van der Waals surface area contributed by atoms with E-state index in [0.29, 0.717) is 19.0 Å². The van der Waals surface area contributed by atoms with E-state index in [1.165, 1.54) is 17.0 Å². The third-order valence-electron chi connectivity index (χ3n) is 4.43. The largest absolute Gasteiger partial charge is 0.370 e. The van der Waals surface area contributed by atoms with Crippen molar-refractivity contribution in [1.82, 2.24) is 10.2 Å². The zero-order valence-electron chi connectivity index (χ0n) is 15.1. The Morgan fingerprint density at radius 2 is 1.93 bits per heavy atom. The number of carbonyl (C=O) groups excluding carboxylic acids is 1. The van der Waals surface area contributed by atoms with Gasteiger partial charge in [0, 0.05) is 50.0 Å². The minimum Gasteiger partial charge on any atom is -0.370 e. The van der Waals surface area contributed by atoms with Crippen molar-refractivity contribution in [1.29, 1.82) is 0 Å². The van der Waals surface area contributed by atoms with Gasteiger partial charge in [-0.05, 0) is 42.1 Å². The number of halogens is 1. The van der Waals surface area contributed by atoms with E-state index in [-0.39, 0.29) is 5.91 Å². The maximum atomic E-state index is 11.8. The van der Waals surface area contributed by atoms with Crippen LogP contribution in [0.2, 0.25) is 5.02 Å². The Balaban J connectivity index is 1.36. The maximum absolute atomic E-state index is 11.8. The molecule has 2 heterocycles. The number of nitrogens with two attached hydrogens (primary N) is 1. The normalized spacial score (nSPS) is 15.1. The Morgan fingerprint density at radius 1 is 1.19 bits per heavy atom. The first-order valence-electron chi connectivity index (χ1n) is 9.00. The summed E-state index contributed by atoms with van der Waals surface area (Å²) < 4.78 is 0. The highest BCUT2D eigenvalue weighted by atomic mass is 35.5. The monoisotopic (exact) mass is 405 g/mol. The van der Waals surface area contributed by atoms with Gasteiger partial charge in [-0.25, -0.2) is 0 Å². The molecule has 144 valence electrons. The first kappa shape index (κ1) is 19.5. The van der Waals surface area contributed by atoms with Gasteiger partial charge in [0.2, 0.25) is 0 Å². The molecule has 8 heteroatoms. The Kier molecular flexibility index (Phi) is 6.95. The molecule has 1 amide bonds. The number of hydrogen-bond acceptors (Lipinski definition) is 4. The Hall–Kier alpha value is -2.25. The SMILES string of the molecule is NC(=NCCCNC(=O)c1cccs1)N1CCN(c2ccc(Cl)cc2)CC1. The summed E-state index contributed by atoms with van der Waals surface area (Å²) in [5.74, 6) is 0.551. The van der Waals surface area contributed by atoms with Gasteiger partial charge in [0.05, 0.1) is 4.88 Å². The quantitative estimate of drug-likeness (QED) is 0.440. The molecule has 0 unspecified atom stereocenters. The van der Waals surface area contributed by atoms with Crippen LogP contribution < -0.4 is 16.0 Å². The summed E-state index contributed by atoms with van der Waals surface area (Å²) in [5.41, 5.74) is 7.30. The molecule has 1 saturated heterocycles. The van der Waals surface area contributed by atoms with Crippen LogP contribution in [0.15, 0.2) is 46.8 Å². The summed E-state index contributed by atoms with van der Waals surface area (Å²) >= 11 is 7.39. The predicted octanol–water partition coefficient (Wildman–Crippen LogP) is 2.66. The van der Waals surface area contributed by atoms with E-state index >= 15 is 0 Å². The Morgan fingerprint density at radius 3 is 2.59 bits per heavy atom. The number of nitrogens with one attached hydrogen (secondary N) is 1. The fraction of sp³-hybridized carbons (Fsp3) is 0.368. The van der Waals surface area contributed by atoms with Crippen molar-refractivity contribution in [3.05, 3.63) is 51.7 Å². The number of amides is 1. The average Bonchev–Trinajstić information content (AvgIpc) is 3.23. The van der Waals surface area contributed by atoms with E-state index in [1.54, 1.807) is 0 Å². The van der Waals surface area contributed by atoms with Crippen LogP contribution in [-0.2, 0) is 0 Å². The van der Waals surface area contributed by atoms with Gasteiger partial charge in [0.25, 0.3) is 5.91 Å². The van der Waals surface area contributed by atoms with Gasteiger partial charge in [-0.3, -0.25) is 9.79 Å². The van der Waals surface area contributed by atoms with Crippen LogP contribution in [0.4, 0.5) is 5.69 Å². The Labute approximate surface area is 168 Å². The fourth-order valence-electron chi connectivity index (χ4n) is 2.92. The molecule has 0 saturated carbocycles. The predicted molar refractivity (Wildman–Crippen MR) is 113 cm³/mol. The third kappa shape index (κ3) is 5.61. The van der Waals surface area contributed by atoms with Gasteiger partial charge in [0.15, 0.2) is 5.96 Å². The van der Waals surface area contributed by atoms with Gasteiger partial charge in [-0.2, -0.15) is 0 Å². The molecule has 3 rings (SSSR count). The summed E-state index contributed by atoms with van der Waals surface area (Å²) in [5, 5.41) is 5.54. The highest BCUT2D eigenvalue weighted by Crippen LogP contribution is 2.19. The number of carbonyl (C=O) groups is 1. The fourth-order valence-corrected chi connectivity index (χ4v) is 3.68. The topological polar surface area (TPSA) is 74.0 Å². The molecule has 0 aliphatic carbocycles. The molecule has 1 fully saturated rings. The number of anilines is 1. The van der Waals surface area contributed by atoms with Crippen LogP contribution >= 0.6 is 22.9 Å². The lowest BCUT2D eigenvalue weighted by Gasteiger charge is -2.36. The van der Waals surface area contributed by atoms with Crippen LogP contribution in [-0.4, -0.2) is 56.0 Å². The van der Waals surface area contributed by atoms with Gasteiger partial charge >= 0.3 is 0 Å². The van der Waals surface area contributed by atoms with E-state index in [2.05, 4.69) is 20.1 Å². The number of thiophene rings is 1. The highest BCUT2D eigenvalue weighted by molar-refractivity contribution is 7.12. The van der Waals surface area contributed by atoms with Crippen molar-refractivity contribution in [3.8, 4) is 0 Å². The molecule has 0 radical (unpaired) electrons. The number of piperazine rings is 1. The zero-order chi connectivity index (χ0) is 19.1. The van der Waals surface area contributed by atoms with Gasteiger partial charge in [-0.1, -0.05) is 17.7 Å². The zero-order valence-corrected chi connectivity index (χ0v) is 16.7. The van der Waals surface area contributed by atoms with Gasteiger partial charge in [0.1, 0.15) is 0 Å². The minimum absolute atomic E-state index is 0.0275. The first-order valence-corrected chi connectivity index (χ1v) is 10.3. The van der Waals surface area contributed by atoms with E-state index < -0.39 is 0 Å². The molecule has 0 spiro atoms. The molecule has 1 aromatic carbocycles. The van der Waals surface area contributed by atoms with Crippen LogP contribution in [0, 0.1) is 0 Å². The molecule has 1 aliphatic heterocycles. The van der Waals surface area contributed by atoms with Gasteiger partial charge < -0.3 is 20.9 Å². The van der Waals surface area contributed by atoms with E-state index in [0.717, 1.165) is 42.5 Å². The second kappa shape index (κ2) is 9.62. The smallest absolute Gasteiger partial charge is 0.261 e. The standard InChI is InChI=1S/C19H24ClN5OS/c20-15-4-6-16(7-5-15)24-10-12-25(13-11-24)19(21)23-9-2-8-22-18(26)17-3-1-14-27-17/h1,3-7,14H,2,8-13H2,(H2,21,23)(H,22,26). The second-order valence-electron chi connectivity index (χ2n) is 6.28. The minimum atomic E-state index is -0.0275. The van der Waals surface area contributed by atoms with Crippen LogP contribution in [0.3, 0.4) is 0 Å². The lowest BCUT2D eigenvalue weighted by Crippen LogP contribution is -2.51. The molecular formula is C19H24ClN5OS. The summed E-state index contributed by atoms with van der Waals surface area (Å²) in [4.78, 5) is 21.4. The van der Waals surface area contributed by atoms with Crippen molar-refractivity contribution in [2.24, 2.45) is 10.7 Å². The second-order valence-corrected chi connectivity index (χ2v) is 7.66. The number of guanidine groups is 1. The van der Waals surface area contributed by atoms with Crippen molar-refractivity contribution < 1.29 is 4.79 Å². The number of aliphatic imine (C=N–C) groups is 1. The third-order valence-corrected chi connectivity index (χ3v) is 5.56. The molecule has 2 aromatic rings. The lowest BCUT2D eigenvalue weighted by atomic mass is 10.2. The summed E-state index contributed by atoms with van der Waals surface area (Å²) in [7, 11) is 0. The van der Waals surface area contributed by atoms with E-state index in [1.807, 2.05) is 41.8 Å². The highest BCUT2D eigenvalue weighted by Gasteiger charge is 2.18. The average molecular weight is 406 g/mol. The van der Waals surface area contributed by atoms with E-state index in [4.69, 9.17) is 17.3 Å². The van der Waals surface area contributed by atoms with Crippen LogP contribution in [0.25, 0.3) is 0 Å². The molecule has 27 heavy (non-hydrogen) atoms. The number of hydrogen-bond donors (Lipinski definition) is 2. The number of benzene rings is 1. The maximum Gasteiger partial charge on any atom is 0.261 e. The molecule has 0 bridgehead atoms. The Bertz CT molecular complexity index is 755. The summed E-state index contributed by atoms with van der Waals surface area (Å²) in [6.45, 7) is 4.68. The first-order chi connectivity index (χ1) is 13.1. The van der Waals surface area contributed by atoms with Crippen molar-refractivity contribution >= 4 is 40.5 Å². The van der Waals surface area contributed by atoms with Crippen molar-refractivity contribution in [3.63, 3.8) is 0 Å². The van der Waals surface area contributed by atoms with Crippen molar-refractivity contribution in [2.45, 2.75) is 6.42 Å². The molecule has 1 aromatic heterocycles. The molecule has 3 N–H and O–H groups in total. The summed E-state index contributed by atoms with van der Waals surface area (Å²) in [6, 6.07) is 11.6. The van der Waals surface area contributed by atoms with Crippen LogP contribution in [0.1, 0.15) is 16.1 Å². The lowest BCUT2D eigenvalue weighted by molar-refractivity contribution is 0.0957. The van der Waals surface area contributed by atoms with Crippen LogP contribution in [0.5, 0.6) is 0 Å². The summed E-state index contributed by atoms with van der Waals surface area (Å²) in [6.07, 6.45) is 0.766. The molecule has 6 nitrogen and oxygen atoms in total. The van der Waals surface area contributed by atoms with Gasteiger partial charge in [-0.15, -0.1) is 11.3 Å². The molecule has 0 atom stereocenters.